The third kappa shape index (κ3) is 1.26. The number of hydrogen-bond acceptors (Lipinski definition) is 0. The SMILES string of the molecule is C[BH2-]C1=CCCC=C1. The van der Waals surface area contributed by atoms with Crippen LogP contribution in [0.4, 0.5) is 0 Å². The molecule has 0 nitrogen and oxygen atoms in total. The molecule has 1 heteroatoms. The minimum absolute atomic E-state index is 0.247. The molecule has 1 aliphatic rings. The lowest BCUT2D eigenvalue weighted by atomic mass is 9.71. The average Bonchev–Trinajstić information content (AvgIpc) is 1.90. The van der Waals surface area contributed by atoms with Gasteiger partial charge >= 0.3 is 0 Å². The zero-order chi connectivity index (χ0) is 5.82. The monoisotopic (exact) mass is 107 g/mol. The van der Waals surface area contributed by atoms with Crippen LogP contribution >= 0.6 is 0 Å². The summed E-state index contributed by atoms with van der Waals surface area (Å²) < 4.78 is 0. The van der Waals surface area contributed by atoms with E-state index in [9.17, 15) is 0 Å². The molecule has 8 heavy (non-hydrogen) atoms. The van der Waals surface area contributed by atoms with Crippen LogP contribution in [0.1, 0.15) is 12.8 Å². The number of allylic oxidation sites excluding steroid dienone is 4. The Morgan fingerprint density at radius 3 is 2.75 bits per heavy atom. The van der Waals surface area contributed by atoms with Crippen LogP contribution in [0.15, 0.2) is 23.7 Å². The summed E-state index contributed by atoms with van der Waals surface area (Å²) in [6.07, 6.45) is 9.48. The summed E-state index contributed by atoms with van der Waals surface area (Å²) in [6, 6.07) is 0. The maximum Gasteiger partial charge on any atom is -0.00779 e. The molecule has 44 valence electrons. The van der Waals surface area contributed by atoms with Gasteiger partial charge in [-0.25, -0.2) is 5.47 Å². The zero-order valence-electron chi connectivity index (χ0n) is 5.65. The first-order valence-corrected chi connectivity index (χ1v) is 3.73. The van der Waals surface area contributed by atoms with Gasteiger partial charge in [0, 0.05) is 0 Å². The molecule has 0 N–H and O–H groups in total. The highest BCUT2D eigenvalue weighted by molar-refractivity contribution is 6.44. The van der Waals surface area contributed by atoms with Crippen LogP contribution < -0.4 is 0 Å². The quantitative estimate of drug-likeness (QED) is 0.444. The Hall–Kier alpha value is -0.455. The first-order valence-electron chi connectivity index (χ1n) is 3.73. The van der Waals surface area contributed by atoms with Gasteiger partial charge in [-0.15, -0.1) is 12.2 Å². The van der Waals surface area contributed by atoms with Crippen molar-refractivity contribution in [3.63, 3.8) is 0 Å². The summed E-state index contributed by atoms with van der Waals surface area (Å²) >= 11 is 0. The molecule has 0 spiro atoms. The van der Waals surface area contributed by atoms with Gasteiger partial charge in [0.1, 0.15) is 0 Å². The smallest absolute Gasteiger partial charge is 0.00779 e. The standard InChI is InChI=1S/C7H12B/c1-8-7-5-3-2-4-6-7/h3,5-6H,2,4,8H2,1H3/q-1. The molecule has 0 atom stereocenters. The van der Waals surface area contributed by atoms with E-state index in [4.69, 9.17) is 0 Å². The molecule has 0 aromatic rings. The Bertz CT molecular complexity index is 122. The van der Waals surface area contributed by atoms with Crippen LogP contribution in [0.3, 0.4) is 0 Å². The molecule has 0 fully saturated rings. The van der Waals surface area contributed by atoms with Gasteiger partial charge in [0.2, 0.25) is 0 Å². The second-order valence-electron chi connectivity index (χ2n) is 2.43. The topological polar surface area (TPSA) is 0 Å². The normalized spacial score (nSPS) is 18.4. The van der Waals surface area contributed by atoms with E-state index < -0.39 is 0 Å². The van der Waals surface area contributed by atoms with Gasteiger partial charge < -0.3 is 0 Å². The molecule has 0 aromatic heterocycles. The zero-order valence-corrected chi connectivity index (χ0v) is 5.65. The van der Waals surface area contributed by atoms with Crippen molar-refractivity contribution in [3.05, 3.63) is 23.7 Å². The summed E-state index contributed by atoms with van der Waals surface area (Å²) in [5, 5.41) is 0. The molecular weight excluding hydrogens is 94.9 g/mol. The summed E-state index contributed by atoms with van der Waals surface area (Å²) in [6.45, 7) is 2.32. The van der Waals surface area contributed by atoms with Crippen molar-refractivity contribution in [2.24, 2.45) is 0 Å². The summed E-state index contributed by atoms with van der Waals surface area (Å²) in [5.74, 6) is 0. The van der Waals surface area contributed by atoms with E-state index in [0.717, 1.165) is 0 Å². The molecule has 1 rings (SSSR count). The highest BCUT2D eigenvalue weighted by Crippen LogP contribution is 2.07. The van der Waals surface area contributed by atoms with E-state index in [0.29, 0.717) is 0 Å². The van der Waals surface area contributed by atoms with Crippen molar-refractivity contribution in [2.75, 3.05) is 0 Å². The molecule has 0 saturated heterocycles. The molecular formula is C7H12B-. The van der Waals surface area contributed by atoms with E-state index >= 15 is 0 Å². The summed E-state index contributed by atoms with van der Waals surface area (Å²) in [4.78, 5) is 0. The van der Waals surface area contributed by atoms with Gasteiger partial charge in [-0.05, 0) is 20.1 Å². The Balaban J connectivity index is 2.51. The van der Waals surface area contributed by atoms with E-state index in [1.165, 1.54) is 12.8 Å². The molecule has 0 aliphatic heterocycles. The Kier molecular flexibility index (Phi) is 1.96. The predicted octanol–water partition coefficient (Wildman–Crippen LogP) is 1.44. The first kappa shape index (κ1) is 5.68. The molecule has 0 bridgehead atoms. The van der Waals surface area contributed by atoms with E-state index in [2.05, 4.69) is 25.1 Å². The van der Waals surface area contributed by atoms with Crippen LogP contribution in [0.25, 0.3) is 0 Å². The maximum atomic E-state index is 2.38. The lowest BCUT2D eigenvalue weighted by Gasteiger charge is -2.06. The molecule has 0 aromatic carbocycles. The maximum absolute atomic E-state index is 2.38. The lowest BCUT2D eigenvalue weighted by Crippen LogP contribution is -1.89. The van der Waals surface area contributed by atoms with E-state index in [1.54, 1.807) is 5.47 Å². The van der Waals surface area contributed by atoms with Gasteiger partial charge in [-0.3, -0.25) is 0 Å². The van der Waals surface area contributed by atoms with Crippen LogP contribution in [0.5, 0.6) is 0 Å². The highest BCUT2D eigenvalue weighted by Gasteiger charge is 1.85. The fourth-order valence-corrected chi connectivity index (χ4v) is 1.12. The van der Waals surface area contributed by atoms with Crippen LogP contribution in [0, 0.1) is 0 Å². The van der Waals surface area contributed by atoms with Crippen LogP contribution in [-0.2, 0) is 0 Å². The van der Waals surface area contributed by atoms with Crippen molar-refractivity contribution < 1.29 is 0 Å². The van der Waals surface area contributed by atoms with Crippen molar-refractivity contribution >= 4 is 7.28 Å². The van der Waals surface area contributed by atoms with Gasteiger partial charge in [0.15, 0.2) is 0 Å². The van der Waals surface area contributed by atoms with Gasteiger partial charge in [-0.2, -0.15) is 6.82 Å². The molecule has 1 aliphatic carbocycles. The lowest BCUT2D eigenvalue weighted by molar-refractivity contribution is 1.03. The number of hydrogen-bond donors (Lipinski definition) is 0. The van der Waals surface area contributed by atoms with E-state index in [1.807, 2.05) is 0 Å². The number of rotatable bonds is 1. The molecule has 0 heterocycles. The van der Waals surface area contributed by atoms with Gasteiger partial charge in [-0.1, -0.05) is 6.08 Å². The summed E-state index contributed by atoms with van der Waals surface area (Å²) in [5.41, 5.74) is 1.62. The third-order valence-corrected chi connectivity index (χ3v) is 1.76. The van der Waals surface area contributed by atoms with Crippen LogP contribution in [0.2, 0.25) is 6.82 Å². The van der Waals surface area contributed by atoms with Gasteiger partial charge in [0.05, 0.1) is 0 Å². The third-order valence-electron chi connectivity index (χ3n) is 1.76. The minimum atomic E-state index is 0.247. The first-order chi connectivity index (χ1) is 3.93. The Morgan fingerprint density at radius 1 is 1.50 bits per heavy atom. The predicted molar refractivity (Wildman–Crippen MR) is 40.9 cm³/mol. The van der Waals surface area contributed by atoms with Gasteiger partial charge in [0.25, 0.3) is 0 Å². The summed E-state index contributed by atoms with van der Waals surface area (Å²) in [7, 11) is 0.247. The molecule has 0 saturated carbocycles. The van der Waals surface area contributed by atoms with E-state index in [-0.39, 0.29) is 7.28 Å². The molecule has 0 radical (unpaired) electrons. The fourth-order valence-electron chi connectivity index (χ4n) is 1.12. The fraction of sp³-hybridized carbons (Fsp3) is 0.429. The van der Waals surface area contributed by atoms with Crippen molar-refractivity contribution in [1.82, 2.24) is 0 Å². The van der Waals surface area contributed by atoms with Crippen molar-refractivity contribution in [3.8, 4) is 0 Å². The Morgan fingerprint density at radius 2 is 2.38 bits per heavy atom. The largest absolute Gasteiger partial charge is 0.222 e. The molecule has 0 amide bonds. The minimum Gasteiger partial charge on any atom is -0.222 e. The Labute approximate surface area is 51.5 Å². The molecule has 0 unspecified atom stereocenters. The average molecular weight is 107 g/mol. The van der Waals surface area contributed by atoms with Crippen molar-refractivity contribution in [2.45, 2.75) is 19.7 Å². The second-order valence-corrected chi connectivity index (χ2v) is 2.43. The van der Waals surface area contributed by atoms with Crippen molar-refractivity contribution in [1.29, 1.82) is 0 Å². The second kappa shape index (κ2) is 2.76. The van der Waals surface area contributed by atoms with Crippen LogP contribution in [-0.4, -0.2) is 7.28 Å². The highest BCUT2D eigenvalue weighted by atomic mass is 13.9.